The molecule has 0 N–H and O–H groups in total. The van der Waals surface area contributed by atoms with Gasteiger partial charge in [0.25, 0.3) is 0 Å². The molecule has 2 rings (SSSR count). The molecule has 2 aromatic heterocycles. The summed E-state index contributed by atoms with van der Waals surface area (Å²) in [5, 5.41) is 0. The molecule has 0 unspecified atom stereocenters. The van der Waals surface area contributed by atoms with Crippen LogP contribution in [0.25, 0.3) is 0 Å². The summed E-state index contributed by atoms with van der Waals surface area (Å²) in [5.41, 5.74) is 0. The summed E-state index contributed by atoms with van der Waals surface area (Å²) < 4.78 is 3.38. The Bertz CT molecular complexity index is 378. The molecule has 0 aliphatic heterocycles. The molecule has 0 radical (unpaired) electrons. The van der Waals surface area contributed by atoms with Gasteiger partial charge < -0.3 is 0 Å². The third-order valence-corrected chi connectivity index (χ3v) is 2.15. The zero-order chi connectivity index (χ0) is 11.8. The van der Waals surface area contributed by atoms with Gasteiger partial charge in [-0.3, -0.25) is 9.68 Å². The maximum atomic E-state index is 5.47. The van der Waals surface area contributed by atoms with Gasteiger partial charge in [-0.15, -0.1) is 0 Å². The van der Waals surface area contributed by atoms with Crippen LogP contribution in [0.1, 0.15) is 6.42 Å². The Morgan fingerprint density at radius 3 is 1.41 bits per heavy atom. The molecular weight excluding hydrogens is 216 g/mol. The van der Waals surface area contributed by atoms with E-state index in [0.29, 0.717) is 13.2 Å². The number of hydrogen-bond acceptors (Lipinski definition) is 2. The van der Waals surface area contributed by atoms with Crippen molar-refractivity contribution in [3.05, 3.63) is 61.2 Å². The van der Waals surface area contributed by atoms with Crippen LogP contribution in [0.5, 0.6) is 0 Å². The molecule has 0 amide bonds. The average Bonchev–Trinajstić information content (AvgIpc) is 2.41. The van der Waals surface area contributed by atoms with E-state index >= 15 is 0 Å². The predicted octanol–water partition coefficient (Wildman–Crippen LogP) is 0.209. The Morgan fingerprint density at radius 1 is 0.588 bits per heavy atom. The summed E-state index contributed by atoms with van der Waals surface area (Å²) in [5.74, 6) is 0. The van der Waals surface area contributed by atoms with Crippen LogP contribution in [0.2, 0.25) is 0 Å². The van der Waals surface area contributed by atoms with E-state index in [0.717, 1.165) is 6.42 Å². The van der Waals surface area contributed by atoms with Gasteiger partial charge in [-0.05, 0) is 0 Å². The smallest absolute Gasteiger partial charge is 0.222 e. The summed E-state index contributed by atoms with van der Waals surface area (Å²) in [6.07, 6.45) is 8.31. The molecule has 0 aliphatic rings. The van der Waals surface area contributed by atoms with Crippen molar-refractivity contribution in [2.75, 3.05) is 13.2 Å². The van der Waals surface area contributed by atoms with Crippen molar-refractivity contribution in [1.29, 1.82) is 0 Å². The van der Waals surface area contributed by atoms with Crippen LogP contribution >= 0.6 is 0 Å². The summed E-state index contributed by atoms with van der Waals surface area (Å²) >= 11 is 0. The summed E-state index contributed by atoms with van der Waals surface area (Å²) in [6, 6.07) is 11.6. The van der Waals surface area contributed by atoms with Crippen LogP contribution in [-0.2, 0) is 0 Å². The summed E-state index contributed by atoms with van der Waals surface area (Å²) in [6.45, 7) is 1.25. The van der Waals surface area contributed by atoms with E-state index in [2.05, 4.69) is 0 Å². The third-order valence-electron chi connectivity index (χ3n) is 2.15. The molecule has 17 heavy (non-hydrogen) atoms. The molecule has 2 aromatic rings. The van der Waals surface area contributed by atoms with Crippen LogP contribution in [0, 0.1) is 0 Å². The van der Waals surface area contributed by atoms with Crippen molar-refractivity contribution in [2.45, 2.75) is 6.42 Å². The van der Waals surface area contributed by atoms with E-state index in [-0.39, 0.29) is 0 Å². The molecule has 4 nitrogen and oxygen atoms in total. The lowest BCUT2D eigenvalue weighted by Crippen LogP contribution is -2.44. The Labute approximate surface area is 101 Å². The highest BCUT2D eigenvalue weighted by Gasteiger charge is 2.01. The largest absolute Gasteiger partial charge is 0.271 e. The topological polar surface area (TPSA) is 26.2 Å². The zero-order valence-electron chi connectivity index (χ0n) is 9.61. The molecule has 0 spiro atoms. The molecule has 0 fully saturated rings. The van der Waals surface area contributed by atoms with E-state index in [9.17, 15) is 0 Å². The van der Waals surface area contributed by atoms with Crippen LogP contribution in [0.3, 0.4) is 0 Å². The van der Waals surface area contributed by atoms with E-state index in [1.165, 1.54) is 0 Å². The van der Waals surface area contributed by atoms with Crippen molar-refractivity contribution < 1.29 is 19.1 Å². The SMILES string of the molecule is c1cc[n+](OCCCO[n+]2ccccc2)cc1. The third kappa shape index (κ3) is 4.10. The fraction of sp³-hybridized carbons (Fsp3) is 0.231. The van der Waals surface area contributed by atoms with Crippen molar-refractivity contribution in [1.82, 2.24) is 0 Å². The highest BCUT2D eigenvalue weighted by atomic mass is 16.7. The van der Waals surface area contributed by atoms with Gasteiger partial charge in [-0.2, -0.15) is 0 Å². The first kappa shape index (κ1) is 11.4. The van der Waals surface area contributed by atoms with E-state index in [4.69, 9.17) is 9.68 Å². The first-order valence-corrected chi connectivity index (χ1v) is 5.64. The Kier molecular flexibility index (Phi) is 4.34. The molecule has 0 aromatic carbocycles. The van der Waals surface area contributed by atoms with E-state index in [1.807, 2.05) is 61.2 Å². The van der Waals surface area contributed by atoms with Gasteiger partial charge in [0.1, 0.15) is 0 Å². The number of nitrogens with zero attached hydrogens (tertiary/aromatic N) is 2. The maximum absolute atomic E-state index is 5.47. The minimum Gasteiger partial charge on any atom is -0.271 e. The van der Waals surface area contributed by atoms with Crippen LogP contribution in [0.4, 0.5) is 0 Å². The molecular formula is C13H16N2O2+2. The number of hydrogen-bond donors (Lipinski definition) is 0. The monoisotopic (exact) mass is 232 g/mol. The van der Waals surface area contributed by atoms with E-state index in [1.54, 1.807) is 9.46 Å². The predicted molar refractivity (Wildman–Crippen MR) is 60.8 cm³/mol. The first-order valence-electron chi connectivity index (χ1n) is 5.64. The second kappa shape index (κ2) is 6.48. The molecule has 0 bridgehead atoms. The molecule has 4 heteroatoms. The van der Waals surface area contributed by atoms with Gasteiger partial charge in [0.2, 0.25) is 24.8 Å². The summed E-state index contributed by atoms with van der Waals surface area (Å²) in [7, 11) is 0. The molecule has 0 aliphatic carbocycles. The lowest BCUT2D eigenvalue weighted by atomic mass is 10.5. The highest BCUT2D eigenvalue weighted by molar-refractivity contribution is 4.83. The normalized spacial score (nSPS) is 9.88. The van der Waals surface area contributed by atoms with Gasteiger partial charge >= 0.3 is 0 Å². The van der Waals surface area contributed by atoms with Crippen molar-refractivity contribution >= 4 is 0 Å². The quantitative estimate of drug-likeness (QED) is 0.525. The number of aromatic nitrogens is 2. The Morgan fingerprint density at radius 2 is 1.00 bits per heavy atom. The number of rotatable bonds is 6. The second-order valence-corrected chi connectivity index (χ2v) is 3.49. The van der Waals surface area contributed by atoms with Crippen LogP contribution in [-0.4, -0.2) is 13.2 Å². The summed E-state index contributed by atoms with van der Waals surface area (Å²) in [4.78, 5) is 10.9. The zero-order valence-corrected chi connectivity index (χ0v) is 9.61. The lowest BCUT2D eigenvalue weighted by Gasteiger charge is -1.98. The standard InChI is InChI=1S/C13H16N2O2/c1-3-8-14(9-4-1)16-12-7-13-17-15-10-5-2-6-11-15/h1-6,8-11H,7,12-13H2/q+2. The Hall–Kier alpha value is -2.10. The van der Waals surface area contributed by atoms with Gasteiger partial charge in [0, 0.05) is 40.1 Å². The molecule has 2 heterocycles. The first-order chi connectivity index (χ1) is 8.45. The van der Waals surface area contributed by atoms with Crippen molar-refractivity contribution in [3.63, 3.8) is 0 Å². The second-order valence-electron chi connectivity index (χ2n) is 3.49. The van der Waals surface area contributed by atoms with E-state index < -0.39 is 0 Å². The Balaban J connectivity index is 1.61. The van der Waals surface area contributed by atoms with Crippen molar-refractivity contribution in [2.24, 2.45) is 0 Å². The number of pyridine rings is 2. The maximum Gasteiger partial charge on any atom is 0.222 e. The van der Waals surface area contributed by atoms with Gasteiger partial charge in [0.15, 0.2) is 13.2 Å². The molecule has 0 saturated carbocycles. The highest BCUT2D eigenvalue weighted by Crippen LogP contribution is 1.79. The minimum absolute atomic E-state index is 0.627. The van der Waals surface area contributed by atoms with Crippen LogP contribution < -0.4 is 19.1 Å². The molecule has 88 valence electrons. The van der Waals surface area contributed by atoms with Crippen molar-refractivity contribution in [3.8, 4) is 0 Å². The van der Waals surface area contributed by atoms with Crippen LogP contribution in [0.15, 0.2) is 61.2 Å². The molecule has 0 saturated heterocycles. The van der Waals surface area contributed by atoms with Gasteiger partial charge in [-0.1, -0.05) is 12.1 Å². The fourth-order valence-corrected chi connectivity index (χ4v) is 1.34. The fourth-order valence-electron chi connectivity index (χ4n) is 1.34. The minimum atomic E-state index is 0.627. The average molecular weight is 232 g/mol. The lowest BCUT2D eigenvalue weighted by molar-refractivity contribution is -0.897. The molecule has 0 atom stereocenters. The van der Waals surface area contributed by atoms with Gasteiger partial charge in [0.05, 0.1) is 0 Å². The van der Waals surface area contributed by atoms with Gasteiger partial charge in [-0.25, -0.2) is 0 Å².